The molecular formula is C16H25BrN2O. The lowest BCUT2D eigenvalue weighted by molar-refractivity contribution is 0.0854. The summed E-state index contributed by atoms with van der Waals surface area (Å²) in [7, 11) is 2.18. The zero-order valence-corrected chi connectivity index (χ0v) is 14.2. The highest BCUT2D eigenvalue weighted by Crippen LogP contribution is 2.31. The van der Waals surface area contributed by atoms with Crippen molar-refractivity contribution in [1.82, 2.24) is 5.32 Å². The van der Waals surface area contributed by atoms with Crippen LogP contribution in [0.3, 0.4) is 0 Å². The van der Waals surface area contributed by atoms with Gasteiger partial charge in [0.05, 0.1) is 5.69 Å². The van der Waals surface area contributed by atoms with Crippen molar-refractivity contribution < 1.29 is 4.74 Å². The van der Waals surface area contributed by atoms with Crippen LogP contribution in [0.25, 0.3) is 0 Å². The van der Waals surface area contributed by atoms with E-state index in [0.29, 0.717) is 12.1 Å². The van der Waals surface area contributed by atoms with Gasteiger partial charge < -0.3 is 15.0 Å². The van der Waals surface area contributed by atoms with Crippen LogP contribution in [-0.2, 0) is 4.74 Å². The van der Waals surface area contributed by atoms with Crippen molar-refractivity contribution in [3.05, 3.63) is 28.2 Å². The van der Waals surface area contributed by atoms with E-state index in [1.165, 1.54) is 15.7 Å². The van der Waals surface area contributed by atoms with E-state index in [9.17, 15) is 0 Å². The Morgan fingerprint density at radius 1 is 1.40 bits per heavy atom. The molecule has 0 radical (unpaired) electrons. The first kappa shape index (κ1) is 15.8. The Morgan fingerprint density at radius 3 is 2.70 bits per heavy atom. The van der Waals surface area contributed by atoms with Gasteiger partial charge in [-0.25, -0.2) is 0 Å². The van der Waals surface area contributed by atoms with Crippen LogP contribution in [0.1, 0.15) is 38.3 Å². The first-order valence-electron chi connectivity index (χ1n) is 7.47. The van der Waals surface area contributed by atoms with Crippen molar-refractivity contribution >= 4 is 21.6 Å². The van der Waals surface area contributed by atoms with E-state index >= 15 is 0 Å². The highest BCUT2D eigenvalue weighted by Gasteiger charge is 2.20. The summed E-state index contributed by atoms with van der Waals surface area (Å²) in [6.07, 6.45) is 2.22. The van der Waals surface area contributed by atoms with Gasteiger partial charge in [0.15, 0.2) is 0 Å². The predicted octanol–water partition coefficient (Wildman–Crippen LogP) is 3.73. The molecule has 1 saturated heterocycles. The minimum absolute atomic E-state index is 0.388. The molecule has 1 fully saturated rings. The first-order valence-corrected chi connectivity index (χ1v) is 8.26. The lowest BCUT2D eigenvalue weighted by atomic mass is 10.0. The fourth-order valence-electron chi connectivity index (χ4n) is 2.77. The number of hydrogen-bond donors (Lipinski definition) is 1. The Balaban J connectivity index is 2.12. The van der Waals surface area contributed by atoms with Crippen molar-refractivity contribution in [3.8, 4) is 0 Å². The molecule has 0 spiro atoms. The molecule has 0 aromatic heterocycles. The van der Waals surface area contributed by atoms with Crippen molar-refractivity contribution in [1.29, 1.82) is 0 Å². The van der Waals surface area contributed by atoms with Gasteiger partial charge in [0.1, 0.15) is 0 Å². The molecule has 1 atom stereocenters. The Morgan fingerprint density at radius 2 is 2.10 bits per heavy atom. The number of anilines is 1. The lowest BCUT2D eigenvalue weighted by Gasteiger charge is -2.33. The monoisotopic (exact) mass is 340 g/mol. The van der Waals surface area contributed by atoms with Crippen LogP contribution < -0.4 is 10.2 Å². The van der Waals surface area contributed by atoms with E-state index in [0.717, 1.165) is 32.6 Å². The Kier molecular flexibility index (Phi) is 5.87. The average Bonchev–Trinajstić information content (AvgIpc) is 2.47. The molecule has 0 aliphatic carbocycles. The number of halogens is 1. The second-order valence-electron chi connectivity index (χ2n) is 5.44. The molecule has 112 valence electrons. The maximum absolute atomic E-state index is 5.45. The second kappa shape index (κ2) is 7.43. The number of benzene rings is 1. The highest BCUT2D eigenvalue weighted by atomic mass is 79.9. The third kappa shape index (κ3) is 3.74. The first-order chi connectivity index (χ1) is 9.63. The van der Waals surface area contributed by atoms with Crippen LogP contribution in [0.2, 0.25) is 0 Å². The largest absolute Gasteiger partial charge is 0.381 e. The second-order valence-corrected chi connectivity index (χ2v) is 6.30. The molecule has 1 aliphatic heterocycles. The number of nitrogens with zero attached hydrogens (tertiary/aromatic N) is 1. The zero-order chi connectivity index (χ0) is 14.5. The molecule has 1 aromatic carbocycles. The predicted molar refractivity (Wildman–Crippen MR) is 88.5 cm³/mol. The molecule has 2 rings (SSSR count). The molecular weight excluding hydrogens is 316 g/mol. The summed E-state index contributed by atoms with van der Waals surface area (Å²) >= 11 is 3.73. The molecule has 0 amide bonds. The van der Waals surface area contributed by atoms with Gasteiger partial charge in [-0.15, -0.1) is 0 Å². The van der Waals surface area contributed by atoms with Gasteiger partial charge in [-0.1, -0.05) is 13.0 Å². The van der Waals surface area contributed by atoms with E-state index in [1.807, 2.05) is 0 Å². The normalized spacial score (nSPS) is 18.0. The lowest BCUT2D eigenvalue weighted by Crippen LogP contribution is -2.36. The maximum atomic E-state index is 5.45. The summed E-state index contributed by atoms with van der Waals surface area (Å²) in [6, 6.07) is 7.65. The molecule has 1 aliphatic rings. The van der Waals surface area contributed by atoms with Gasteiger partial charge >= 0.3 is 0 Å². The van der Waals surface area contributed by atoms with Gasteiger partial charge in [-0.3, -0.25) is 0 Å². The molecule has 20 heavy (non-hydrogen) atoms. The van der Waals surface area contributed by atoms with Crippen LogP contribution in [-0.4, -0.2) is 32.8 Å². The Bertz CT molecular complexity index is 432. The topological polar surface area (TPSA) is 24.5 Å². The Hall–Kier alpha value is -0.580. The molecule has 0 saturated carbocycles. The molecule has 1 aromatic rings. The van der Waals surface area contributed by atoms with E-state index in [4.69, 9.17) is 4.74 Å². The summed E-state index contributed by atoms with van der Waals surface area (Å²) < 4.78 is 6.62. The summed E-state index contributed by atoms with van der Waals surface area (Å²) in [6.45, 7) is 7.08. The maximum Gasteiger partial charge on any atom is 0.0510 e. The summed E-state index contributed by atoms with van der Waals surface area (Å²) in [5, 5.41) is 3.45. The van der Waals surface area contributed by atoms with Crippen molar-refractivity contribution in [2.45, 2.75) is 38.8 Å². The zero-order valence-electron chi connectivity index (χ0n) is 12.7. The average molecular weight is 341 g/mol. The molecule has 3 nitrogen and oxygen atoms in total. The highest BCUT2D eigenvalue weighted by molar-refractivity contribution is 9.10. The van der Waals surface area contributed by atoms with Crippen LogP contribution in [0, 0.1) is 0 Å². The van der Waals surface area contributed by atoms with E-state index in [-0.39, 0.29) is 0 Å². The summed E-state index contributed by atoms with van der Waals surface area (Å²) in [4.78, 5) is 2.38. The number of nitrogens with one attached hydrogen (secondary N) is 1. The third-order valence-electron chi connectivity index (χ3n) is 4.10. The minimum Gasteiger partial charge on any atom is -0.381 e. The standard InChI is InChI=1S/C16H25BrN2O/c1-4-18-12(2)13-5-6-16(15(17)11-13)19(3)14-7-9-20-10-8-14/h5-6,11-12,14,18H,4,7-10H2,1-3H3. The number of hydrogen-bond acceptors (Lipinski definition) is 3. The molecule has 4 heteroatoms. The van der Waals surface area contributed by atoms with E-state index < -0.39 is 0 Å². The van der Waals surface area contributed by atoms with Gasteiger partial charge in [-0.2, -0.15) is 0 Å². The smallest absolute Gasteiger partial charge is 0.0510 e. The minimum atomic E-state index is 0.388. The number of rotatable bonds is 5. The van der Waals surface area contributed by atoms with Crippen molar-refractivity contribution in [3.63, 3.8) is 0 Å². The SMILES string of the molecule is CCNC(C)c1ccc(N(C)C2CCOCC2)c(Br)c1. The van der Waals surface area contributed by atoms with Crippen LogP contribution in [0.15, 0.2) is 22.7 Å². The van der Waals surface area contributed by atoms with Gasteiger partial charge in [-0.05, 0) is 59.9 Å². The van der Waals surface area contributed by atoms with Crippen molar-refractivity contribution in [2.24, 2.45) is 0 Å². The number of ether oxygens (including phenoxy) is 1. The van der Waals surface area contributed by atoms with Crippen LogP contribution >= 0.6 is 15.9 Å². The van der Waals surface area contributed by atoms with Crippen LogP contribution in [0.5, 0.6) is 0 Å². The molecule has 1 heterocycles. The van der Waals surface area contributed by atoms with Gasteiger partial charge in [0, 0.05) is 36.8 Å². The molecule has 1 unspecified atom stereocenters. The fraction of sp³-hybridized carbons (Fsp3) is 0.625. The fourth-order valence-corrected chi connectivity index (χ4v) is 3.45. The molecule has 1 N–H and O–H groups in total. The van der Waals surface area contributed by atoms with Crippen molar-refractivity contribution in [2.75, 3.05) is 31.7 Å². The summed E-state index contributed by atoms with van der Waals surface area (Å²) in [5.41, 5.74) is 2.59. The Labute approximate surface area is 130 Å². The van der Waals surface area contributed by atoms with E-state index in [1.54, 1.807) is 0 Å². The van der Waals surface area contributed by atoms with Crippen LogP contribution in [0.4, 0.5) is 5.69 Å². The third-order valence-corrected chi connectivity index (χ3v) is 4.74. The van der Waals surface area contributed by atoms with Gasteiger partial charge in [0.2, 0.25) is 0 Å². The molecule has 0 bridgehead atoms. The summed E-state index contributed by atoms with van der Waals surface area (Å²) in [5.74, 6) is 0. The quantitative estimate of drug-likeness (QED) is 0.883. The van der Waals surface area contributed by atoms with E-state index in [2.05, 4.69) is 65.2 Å². The van der Waals surface area contributed by atoms with Gasteiger partial charge in [0.25, 0.3) is 0 Å².